The lowest BCUT2D eigenvalue weighted by molar-refractivity contribution is -0.130. The quantitative estimate of drug-likeness (QED) is 0.552. The molecule has 4 aliphatic rings. The molecule has 5 atom stereocenters. The summed E-state index contributed by atoms with van der Waals surface area (Å²) in [4.78, 5) is 12.2. The van der Waals surface area contributed by atoms with Gasteiger partial charge in [-0.1, -0.05) is 38.3 Å². The third-order valence-electron chi connectivity index (χ3n) is 8.16. The minimum Gasteiger partial charge on any atom is -0.299 e. The van der Waals surface area contributed by atoms with E-state index in [1.165, 1.54) is 44.9 Å². The van der Waals surface area contributed by atoms with Gasteiger partial charge in [0.05, 0.1) is 0 Å². The van der Waals surface area contributed by atoms with Gasteiger partial charge in [-0.05, 0) is 67.6 Å². The Bertz CT molecular complexity index is 516. The van der Waals surface area contributed by atoms with Gasteiger partial charge in [-0.25, -0.2) is 0 Å². The number of ketones is 1. The van der Waals surface area contributed by atoms with Crippen LogP contribution in [-0.4, -0.2) is 5.78 Å². The number of Topliss-reactive ketones (excluding diaryl/α,β-unsaturated/α-hetero) is 1. The van der Waals surface area contributed by atoms with Gasteiger partial charge in [0.2, 0.25) is 0 Å². The van der Waals surface area contributed by atoms with Crippen molar-refractivity contribution in [2.75, 3.05) is 0 Å². The van der Waals surface area contributed by atoms with Crippen LogP contribution >= 0.6 is 0 Å². The van der Waals surface area contributed by atoms with E-state index in [9.17, 15) is 4.79 Å². The Morgan fingerprint density at radius 3 is 2.43 bits per heavy atom. The molecule has 2 fully saturated rings. The van der Waals surface area contributed by atoms with Gasteiger partial charge >= 0.3 is 0 Å². The first-order valence-electron chi connectivity index (χ1n) is 9.22. The molecular weight excluding hydrogens is 256 g/mol. The molecule has 0 aromatic carbocycles. The smallest absolute Gasteiger partial charge is 0.136 e. The molecule has 4 aliphatic carbocycles. The SMILES string of the molecule is CC1C(=O)CCC2(C)C3=C(CCC12)C1(C)CCCC1CC3. The molecule has 21 heavy (non-hydrogen) atoms. The van der Waals surface area contributed by atoms with Gasteiger partial charge in [0.1, 0.15) is 5.78 Å². The molecule has 0 aliphatic heterocycles. The normalized spacial score (nSPS) is 49.7. The van der Waals surface area contributed by atoms with E-state index >= 15 is 0 Å². The fourth-order valence-corrected chi connectivity index (χ4v) is 6.79. The van der Waals surface area contributed by atoms with Crippen LogP contribution in [0.4, 0.5) is 0 Å². The maximum absolute atomic E-state index is 12.2. The van der Waals surface area contributed by atoms with Crippen LogP contribution in [0, 0.1) is 28.6 Å². The van der Waals surface area contributed by atoms with E-state index in [1.54, 1.807) is 0 Å². The largest absolute Gasteiger partial charge is 0.299 e. The molecule has 0 aromatic rings. The van der Waals surface area contributed by atoms with Crippen LogP contribution in [0.15, 0.2) is 11.1 Å². The second-order valence-electron chi connectivity index (χ2n) is 8.82. The van der Waals surface area contributed by atoms with Crippen LogP contribution in [0.5, 0.6) is 0 Å². The Balaban J connectivity index is 1.79. The zero-order valence-corrected chi connectivity index (χ0v) is 14.0. The van der Waals surface area contributed by atoms with E-state index in [1.807, 2.05) is 11.1 Å². The molecular formula is C20H30O. The van der Waals surface area contributed by atoms with E-state index < -0.39 is 0 Å². The zero-order valence-electron chi connectivity index (χ0n) is 14.0. The van der Waals surface area contributed by atoms with Gasteiger partial charge in [0.15, 0.2) is 0 Å². The lowest BCUT2D eigenvalue weighted by atomic mass is 9.49. The van der Waals surface area contributed by atoms with Gasteiger partial charge < -0.3 is 0 Å². The summed E-state index contributed by atoms with van der Waals surface area (Å²) in [6.45, 7) is 7.28. The van der Waals surface area contributed by atoms with Crippen LogP contribution in [0.2, 0.25) is 0 Å². The fraction of sp³-hybridized carbons (Fsp3) is 0.850. The van der Waals surface area contributed by atoms with Crippen molar-refractivity contribution in [1.82, 2.24) is 0 Å². The third-order valence-corrected chi connectivity index (χ3v) is 8.16. The van der Waals surface area contributed by atoms with Crippen LogP contribution in [-0.2, 0) is 4.79 Å². The summed E-state index contributed by atoms with van der Waals surface area (Å²) in [6, 6.07) is 0. The molecule has 1 heteroatoms. The molecule has 0 heterocycles. The zero-order chi connectivity index (χ0) is 14.8. The topological polar surface area (TPSA) is 17.1 Å². The minimum absolute atomic E-state index is 0.298. The van der Waals surface area contributed by atoms with Gasteiger partial charge in [-0.15, -0.1) is 0 Å². The van der Waals surface area contributed by atoms with Crippen molar-refractivity contribution in [2.45, 2.75) is 78.6 Å². The third kappa shape index (κ3) is 1.72. The van der Waals surface area contributed by atoms with Crippen molar-refractivity contribution in [1.29, 1.82) is 0 Å². The monoisotopic (exact) mass is 286 g/mol. The lowest BCUT2D eigenvalue weighted by Gasteiger charge is -2.55. The Labute approximate surface area is 129 Å². The Kier molecular flexibility index (Phi) is 2.98. The minimum atomic E-state index is 0.298. The van der Waals surface area contributed by atoms with E-state index in [0.29, 0.717) is 28.4 Å². The second-order valence-corrected chi connectivity index (χ2v) is 8.82. The molecule has 0 radical (unpaired) electrons. The van der Waals surface area contributed by atoms with Gasteiger partial charge in [-0.2, -0.15) is 0 Å². The Morgan fingerprint density at radius 1 is 0.905 bits per heavy atom. The number of hydrogen-bond donors (Lipinski definition) is 0. The molecule has 0 bridgehead atoms. The highest BCUT2D eigenvalue weighted by Crippen LogP contribution is 2.64. The maximum Gasteiger partial charge on any atom is 0.136 e. The summed E-state index contributed by atoms with van der Waals surface area (Å²) < 4.78 is 0. The first-order valence-corrected chi connectivity index (χ1v) is 9.22. The number of fused-ring (bicyclic) bond motifs is 4. The van der Waals surface area contributed by atoms with Crippen molar-refractivity contribution >= 4 is 5.78 Å². The molecule has 0 spiro atoms. The molecule has 116 valence electrons. The number of allylic oxidation sites excluding steroid dienone is 2. The number of carbonyl (C=O) groups is 1. The molecule has 0 saturated heterocycles. The average Bonchev–Trinajstić information content (AvgIpc) is 2.85. The van der Waals surface area contributed by atoms with Crippen molar-refractivity contribution in [3.63, 3.8) is 0 Å². The fourth-order valence-electron chi connectivity index (χ4n) is 6.79. The first-order chi connectivity index (χ1) is 9.97. The van der Waals surface area contributed by atoms with Gasteiger partial charge in [-0.3, -0.25) is 4.79 Å². The highest BCUT2D eigenvalue weighted by molar-refractivity contribution is 5.82. The summed E-state index contributed by atoms with van der Waals surface area (Å²) in [5, 5.41) is 0. The Hall–Kier alpha value is -0.590. The van der Waals surface area contributed by atoms with Crippen molar-refractivity contribution < 1.29 is 4.79 Å². The summed E-state index contributed by atoms with van der Waals surface area (Å²) in [5.74, 6) is 2.41. The van der Waals surface area contributed by atoms with Crippen LogP contribution in [0.3, 0.4) is 0 Å². The standard InChI is InChI=1S/C20H30O/c1-13-15-8-9-16-17(20(15,3)12-10-18(13)21)7-6-14-5-4-11-19(14,16)2/h13-15H,4-12H2,1-3H3. The first kappa shape index (κ1) is 14.0. The molecule has 0 N–H and O–H groups in total. The summed E-state index contributed by atoms with van der Waals surface area (Å²) in [6.07, 6.45) is 11.6. The lowest BCUT2D eigenvalue weighted by Crippen LogP contribution is -2.47. The van der Waals surface area contributed by atoms with E-state index in [2.05, 4.69) is 20.8 Å². The summed E-state index contributed by atoms with van der Waals surface area (Å²) >= 11 is 0. The number of carbonyl (C=O) groups excluding carboxylic acids is 1. The number of rotatable bonds is 0. The van der Waals surface area contributed by atoms with Gasteiger partial charge in [0.25, 0.3) is 0 Å². The van der Waals surface area contributed by atoms with Crippen LogP contribution in [0.1, 0.15) is 78.6 Å². The van der Waals surface area contributed by atoms with Crippen molar-refractivity contribution in [3.8, 4) is 0 Å². The molecule has 1 nitrogen and oxygen atoms in total. The maximum atomic E-state index is 12.2. The van der Waals surface area contributed by atoms with Crippen LogP contribution in [0.25, 0.3) is 0 Å². The molecule has 5 unspecified atom stereocenters. The molecule has 2 saturated carbocycles. The predicted molar refractivity (Wildman–Crippen MR) is 85.9 cm³/mol. The summed E-state index contributed by atoms with van der Waals surface area (Å²) in [7, 11) is 0. The van der Waals surface area contributed by atoms with Crippen LogP contribution < -0.4 is 0 Å². The molecule has 0 aromatic heterocycles. The van der Waals surface area contributed by atoms with E-state index in [-0.39, 0.29) is 0 Å². The molecule has 0 amide bonds. The van der Waals surface area contributed by atoms with Gasteiger partial charge in [0, 0.05) is 12.3 Å². The van der Waals surface area contributed by atoms with E-state index in [4.69, 9.17) is 0 Å². The predicted octanol–water partition coefficient (Wildman–Crippen LogP) is 5.30. The highest BCUT2D eigenvalue weighted by Gasteiger charge is 2.54. The molecule has 4 rings (SSSR count). The van der Waals surface area contributed by atoms with Crippen molar-refractivity contribution in [2.24, 2.45) is 28.6 Å². The van der Waals surface area contributed by atoms with E-state index in [0.717, 1.165) is 18.8 Å². The highest BCUT2D eigenvalue weighted by atomic mass is 16.1. The Morgan fingerprint density at radius 2 is 1.62 bits per heavy atom. The summed E-state index contributed by atoms with van der Waals surface area (Å²) in [5.41, 5.74) is 4.54. The number of hydrogen-bond acceptors (Lipinski definition) is 1. The van der Waals surface area contributed by atoms with Crippen molar-refractivity contribution in [3.05, 3.63) is 11.1 Å². The average molecular weight is 286 g/mol. The second kappa shape index (κ2) is 4.46.